The fourth-order valence-electron chi connectivity index (χ4n) is 2.43. The third-order valence-corrected chi connectivity index (χ3v) is 5.18. The Balaban J connectivity index is 2.33. The monoisotopic (exact) mass is 370 g/mol. The molecule has 1 aromatic heterocycles. The van der Waals surface area contributed by atoms with Crippen molar-refractivity contribution in [3.63, 3.8) is 0 Å². The van der Waals surface area contributed by atoms with Crippen LogP contribution >= 0.6 is 27.5 Å². The van der Waals surface area contributed by atoms with Crippen molar-refractivity contribution in [2.24, 2.45) is 0 Å². The first-order valence-electron chi connectivity index (χ1n) is 7.16. The second-order valence-corrected chi connectivity index (χ2v) is 6.25. The van der Waals surface area contributed by atoms with Crippen molar-refractivity contribution < 1.29 is 5.11 Å². The van der Waals surface area contributed by atoms with Crippen LogP contribution in [0.15, 0.2) is 22.7 Å². The van der Waals surface area contributed by atoms with Crippen LogP contribution in [0.2, 0.25) is 5.02 Å². The number of aryl methyl sites for hydroxylation is 3. The van der Waals surface area contributed by atoms with Crippen LogP contribution < -0.4 is 0 Å². The molecule has 3 nitrogen and oxygen atoms in total. The molecule has 0 saturated carbocycles. The largest absolute Gasteiger partial charge is 0.388 e. The van der Waals surface area contributed by atoms with E-state index >= 15 is 0 Å². The van der Waals surface area contributed by atoms with Crippen LogP contribution in [-0.2, 0) is 19.4 Å². The molecule has 0 aliphatic heterocycles. The Bertz CT molecular complexity index is 639. The van der Waals surface area contributed by atoms with Gasteiger partial charge in [-0.25, -0.2) is 0 Å². The van der Waals surface area contributed by atoms with Gasteiger partial charge in [-0.1, -0.05) is 52.7 Å². The summed E-state index contributed by atoms with van der Waals surface area (Å²) in [7, 11) is 0. The summed E-state index contributed by atoms with van der Waals surface area (Å²) < 4.78 is 2.83. The molecule has 2 rings (SSSR count). The summed E-state index contributed by atoms with van der Waals surface area (Å²) in [6.45, 7) is 6.82. The van der Waals surface area contributed by atoms with Gasteiger partial charge in [-0.05, 0) is 31.4 Å². The maximum Gasteiger partial charge on any atom is 0.0856 e. The molecular weight excluding hydrogens is 352 g/mol. The molecule has 0 bridgehead atoms. The topological polar surface area (TPSA) is 38.0 Å². The first-order chi connectivity index (χ1) is 9.99. The Morgan fingerprint density at radius 2 is 2.10 bits per heavy atom. The molecule has 5 heteroatoms. The van der Waals surface area contributed by atoms with Crippen molar-refractivity contribution in [3.8, 4) is 0 Å². The molecule has 1 heterocycles. The van der Waals surface area contributed by atoms with Gasteiger partial charge >= 0.3 is 0 Å². The normalized spacial score (nSPS) is 12.7. The third-order valence-electron chi connectivity index (χ3n) is 3.66. The van der Waals surface area contributed by atoms with Crippen LogP contribution in [0.25, 0.3) is 0 Å². The minimum Gasteiger partial charge on any atom is -0.388 e. The van der Waals surface area contributed by atoms with Gasteiger partial charge in [0.05, 0.1) is 22.5 Å². The molecule has 0 spiro atoms. The van der Waals surface area contributed by atoms with Gasteiger partial charge in [0.15, 0.2) is 0 Å². The molecule has 0 fully saturated rings. The van der Waals surface area contributed by atoms with E-state index in [0.29, 0.717) is 11.4 Å². The lowest BCUT2D eigenvalue weighted by atomic mass is 10.0. The molecular formula is C16H20BrClN2O. The quantitative estimate of drug-likeness (QED) is 0.842. The number of aliphatic hydroxyl groups excluding tert-OH is 1. The van der Waals surface area contributed by atoms with Gasteiger partial charge in [0.2, 0.25) is 0 Å². The van der Waals surface area contributed by atoms with Gasteiger partial charge in [0.25, 0.3) is 0 Å². The van der Waals surface area contributed by atoms with Crippen molar-refractivity contribution in [1.29, 1.82) is 0 Å². The number of aromatic nitrogens is 2. The van der Waals surface area contributed by atoms with Crippen LogP contribution in [0, 0.1) is 6.92 Å². The molecule has 2 aromatic rings. The number of hydrogen-bond donors (Lipinski definition) is 1. The summed E-state index contributed by atoms with van der Waals surface area (Å²) in [5, 5.41) is 15.8. The van der Waals surface area contributed by atoms with Crippen molar-refractivity contribution in [2.45, 2.75) is 46.3 Å². The lowest BCUT2D eigenvalue weighted by Crippen LogP contribution is -2.09. The van der Waals surface area contributed by atoms with Gasteiger partial charge < -0.3 is 5.11 Å². The zero-order chi connectivity index (χ0) is 15.6. The second kappa shape index (κ2) is 6.95. The van der Waals surface area contributed by atoms with Crippen LogP contribution in [0.3, 0.4) is 0 Å². The number of hydrogen-bond acceptors (Lipinski definition) is 2. The van der Waals surface area contributed by atoms with Crippen LogP contribution in [0.5, 0.6) is 0 Å². The number of halogens is 2. The van der Waals surface area contributed by atoms with E-state index < -0.39 is 6.10 Å². The molecule has 1 N–H and O–H groups in total. The zero-order valence-electron chi connectivity index (χ0n) is 12.5. The Labute approximate surface area is 139 Å². The van der Waals surface area contributed by atoms with Crippen molar-refractivity contribution >= 4 is 27.5 Å². The fraction of sp³-hybridized carbons (Fsp3) is 0.438. The smallest absolute Gasteiger partial charge is 0.0856 e. The number of benzene rings is 1. The summed E-state index contributed by atoms with van der Waals surface area (Å²) in [4.78, 5) is 0. The molecule has 1 unspecified atom stereocenters. The first kappa shape index (κ1) is 16.5. The van der Waals surface area contributed by atoms with Crippen molar-refractivity contribution in [2.75, 3.05) is 0 Å². The number of aliphatic hydroxyl groups is 1. The zero-order valence-corrected chi connectivity index (χ0v) is 14.9. The average Bonchev–Trinajstić information content (AvgIpc) is 2.78. The summed E-state index contributed by atoms with van der Waals surface area (Å²) in [5.41, 5.74) is 3.78. The van der Waals surface area contributed by atoms with E-state index in [9.17, 15) is 5.11 Å². The summed E-state index contributed by atoms with van der Waals surface area (Å²) >= 11 is 9.96. The molecule has 0 aliphatic rings. The highest BCUT2D eigenvalue weighted by Crippen LogP contribution is 2.31. The van der Waals surface area contributed by atoms with E-state index in [4.69, 9.17) is 11.6 Å². The molecule has 1 atom stereocenters. The predicted molar refractivity (Wildman–Crippen MR) is 89.8 cm³/mol. The Hall–Kier alpha value is -0.840. The summed E-state index contributed by atoms with van der Waals surface area (Å²) in [6, 6.07) is 5.90. The fourth-order valence-corrected chi connectivity index (χ4v) is 3.31. The Morgan fingerprint density at radius 1 is 1.38 bits per heavy atom. The van der Waals surface area contributed by atoms with E-state index in [1.807, 2.05) is 43.7 Å². The summed E-state index contributed by atoms with van der Waals surface area (Å²) in [6.07, 6.45) is 0.647. The molecule has 0 saturated heterocycles. The third kappa shape index (κ3) is 3.33. The standard InChI is InChI=1S/C16H20BrClN2O/c1-4-12-16(18)13(20(5-2)19-12)9-14(21)11-8-6-7-10(3)15(11)17/h6-8,14,21H,4-5,9H2,1-3H3. The van der Waals surface area contributed by atoms with Gasteiger partial charge in [-0.3, -0.25) is 4.68 Å². The Kier molecular flexibility index (Phi) is 5.47. The molecule has 0 radical (unpaired) electrons. The highest BCUT2D eigenvalue weighted by atomic mass is 79.9. The van der Waals surface area contributed by atoms with E-state index in [1.54, 1.807) is 0 Å². The molecule has 21 heavy (non-hydrogen) atoms. The van der Waals surface area contributed by atoms with Crippen LogP contribution in [-0.4, -0.2) is 14.9 Å². The minimum atomic E-state index is -0.608. The molecule has 114 valence electrons. The van der Waals surface area contributed by atoms with E-state index in [1.165, 1.54) is 0 Å². The maximum atomic E-state index is 10.6. The SMILES string of the molecule is CCc1nn(CC)c(CC(O)c2cccc(C)c2Br)c1Cl. The number of rotatable bonds is 5. The van der Waals surface area contributed by atoms with Crippen molar-refractivity contribution in [3.05, 3.63) is 50.2 Å². The van der Waals surface area contributed by atoms with Gasteiger partial charge in [0.1, 0.15) is 0 Å². The van der Waals surface area contributed by atoms with E-state index in [0.717, 1.165) is 40.0 Å². The van der Waals surface area contributed by atoms with Crippen LogP contribution in [0.4, 0.5) is 0 Å². The van der Waals surface area contributed by atoms with Crippen LogP contribution in [0.1, 0.15) is 42.5 Å². The van der Waals surface area contributed by atoms with Gasteiger partial charge in [-0.15, -0.1) is 0 Å². The second-order valence-electron chi connectivity index (χ2n) is 5.07. The first-order valence-corrected chi connectivity index (χ1v) is 8.33. The van der Waals surface area contributed by atoms with E-state index in [-0.39, 0.29) is 0 Å². The van der Waals surface area contributed by atoms with Gasteiger partial charge in [0, 0.05) is 17.4 Å². The van der Waals surface area contributed by atoms with Gasteiger partial charge in [-0.2, -0.15) is 5.10 Å². The van der Waals surface area contributed by atoms with E-state index in [2.05, 4.69) is 21.0 Å². The lowest BCUT2D eigenvalue weighted by Gasteiger charge is -2.15. The highest BCUT2D eigenvalue weighted by molar-refractivity contribution is 9.10. The minimum absolute atomic E-state index is 0.460. The molecule has 0 amide bonds. The number of nitrogens with zero attached hydrogens (tertiary/aromatic N) is 2. The predicted octanol–water partition coefficient (Wildman–Crippen LogP) is 4.47. The van der Waals surface area contributed by atoms with Crippen molar-refractivity contribution in [1.82, 2.24) is 9.78 Å². The average molecular weight is 372 g/mol. The molecule has 0 aliphatic carbocycles. The maximum absolute atomic E-state index is 10.6. The lowest BCUT2D eigenvalue weighted by molar-refractivity contribution is 0.174. The Morgan fingerprint density at radius 3 is 2.71 bits per heavy atom. The highest BCUT2D eigenvalue weighted by Gasteiger charge is 2.20. The molecule has 1 aromatic carbocycles. The summed E-state index contributed by atoms with van der Waals surface area (Å²) in [5.74, 6) is 0.